The molecule has 0 amide bonds. The standard InChI is InChI=1S/C8H16N4O2S/c1-8(2,3-4-9)12-15(13,14)7-5-10-6-11-7/h5-6,12H,3-4,9H2,1-2H3,(H,10,11). The van der Waals surface area contributed by atoms with Crippen molar-refractivity contribution in [3.63, 3.8) is 0 Å². The minimum Gasteiger partial charge on any atom is -0.335 e. The van der Waals surface area contributed by atoms with Gasteiger partial charge in [0.05, 0.1) is 12.5 Å². The summed E-state index contributed by atoms with van der Waals surface area (Å²) >= 11 is 0. The molecule has 4 N–H and O–H groups in total. The summed E-state index contributed by atoms with van der Waals surface area (Å²) in [6.07, 6.45) is 3.16. The number of rotatable bonds is 5. The van der Waals surface area contributed by atoms with Crippen LogP contribution in [0.4, 0.5) is 0 Å². The van der Waals surface area contributed by atoms with Crippen LogP contribution in [0.3, 0.4) is 0 Å². The Hall–Kier alpha value is -0.920. The molecular formula is C8H16N4O2S. The first-order valence-electron chi connectivity index (χ1n) is 4.60. The summed E-state index contributed by atoms with van der Waals surface area (Å²) in [4.78, 5) is 6.21. The highest BCUT2D eigenvalue weighted by Gasteiger charge is 2.26. The van der Waals surface area contributed by atoms with Gasteiger partial charge in [-0.2, -0.15) is 0 Å². The average molecular weight is 232 g/mol. The van der Waals surface area contributed by atoms with Gasteiger partial charge >= 0.3 is 0 Å². The zero-order chi connectivity index (χ0) is 11.5. The topological polar surface area (TPSA) is 101 Å². The van der Waals surface area contributed by atoms with Crippen molar-refractivity contribution in [3.05, 3.63) is 12.5 Å². The molecule has 86 valence electrons. The van der Waals surface area contributed by atoms with Crippen molar-refractivity contribution in [2.24, 2.45) is 5.73 Å². The fourth-order valence-corrected chi connectivity index (χ4v) is 2.57. The zero-order valence-corrected chi connectivity index (χ0v) is 9.63. The van der Waals surface area contributed by atoms with Crippen molar-refractivity contribution in [2.75, 3.05) is 6.54 Å². The van der Waals surface area contributed by atoms with Gasteiger partial charge in [0.1, 0.15) is 0 Å². The van der Waals surface area contributed by atoms with Crippen molar-refractivity contribution >= 4 is 10.0 Å². The van der Waals surface area contributed by atoms with Gasteiger partial charge in [-0.25, -0.2) is 18.1 Å². The van der Waals surface area contributed by atoms with Gasteiger partial charge in [-0.1, -0.05) is 0 Å². The van der Waals surface area contributed by atoms with Gasteiger partial charge in [0, 0.05) is 5.54 Å². The van der Waals surface area contributed by atoms with Crippen LogP contribution in [0.15, 0.2) is 17.6 Å². The van der Waals surface area contributed by atoms with Crippen LogP contribution in [0, 0.1) is 0 Å². The number of imidazole rings is 1. The van der Waals surface area contributed by atoms with E-state index in [1.807, 2.05) is 0 Å². The Morgan fingerprint density at radius 1 is 1.60 bits per heavy atom. The molecule has 0 atom stereocenters. The Balaban J connectivity index is 2.82. The third-order valence-corrected chi connectivity index (χ3v) is 3.57. The van der Waals surface area contributed by atoms with Crippen LogP contribution in [0.2, 0.25) is 0 Å². The highest BCUT2D eigenvalue weighted by molar-refractivity contribution is 7.89. The lowest BCUT2D eigenvalue weighted by Crippen LogP contribution is -2.44. The molecule has 15 heavy (non-hydrogen) atoms. The van der Waals surface area contributed by atoms with E-state index in [4.69, 9.17) is 5.73 Å². The van der Waals surface area contributed by atoms with Crippen molar-refractivity contribution in [3.8, 4) is 0 Å². The second kappa shape index (κ2) is 4.30. The molecule has 0 aliphatic heterocycles. The van der Waals surface area contributed by atoms with Crippen LogP contribution in [0.5, 0.6) is 0 Å². The van der Waals surface area contributed by atoms with Gasteiger partial charge in [-0.05, 0) is 26.8 Å². The second-order valence-corrected chi connectivity index (χ2v) is 5.59. The largest absolute Gasteiger partial charge is 0.335 e. The molecule has 1 aromatic heterocycles. The Morgan fingerprint density at radius 2 is 2.27 bits per heavy atom. The number of nitrogens with zero attached hydrogens (tertiary/aromatic N) is 1. The molecule has 0 aliphatic carbocycles. The zero-order valence-electron chi connectivity index (χ0n) is 8.82. The minimum absolute atomic E-state index is 0.0626. The summed E-state index contributed by atoms with van der Waals surface area (Å²) in [5.41, 5.74) is 4.84. The highest BCUT2D eigenvalue weighted by Crippen LogP contribution is 2.12. The molecule has 1 heterocycles. The molecule has 0 aliphatic rings. The van der Waals surface area contributed by atoms with Crippen LogP contribution in [-0.4, -0.2) is 30.5 Å². The molecule has 7 heteroatoms. The molecule has 0 saturated heterocycles. The van der Waals surface area contributed by atoms with E-state index < -0.39 is 15.6 Å². The maximum absolute atomic E-state index is 11.8. The van der Waals surface area contributed by atoms with Crippen molar-refractivity contribution < 1.29 is 8.42 Å². The molecule has 0 spiro atoms. The summed E-state index contributed by atoms with van der Waals surface area (Å²) in [6, 6.07) is 0. The maximum Gasteiger partial charge on any atom is 0.258 e. The fraction of sp³-hybridized carbons (Fsp3) is 0.625. The lowest BCUT2D eigenvalue weighted by Gasteiger charge is -2.24. The second-order valence-electron chi connectivity index (χ2n) is 3.94. The molecule has 0 bridgehead atoms. The van der Waals surface area contributed by atoms with Gasteiger partial charge in [-0.3, -0.25) is 0 Å². The Kier molecular flexibility index (Phi) is 3.48. The molecule has 0 unspecified atom stereocenters. The smallest absolute Gasteiger partial charge is 0.258 e. The van der Waals surface area contributed by atoms with E-state index in [2.05, 4.69) is 14.7 Å². The molecule has 0 radical (unpaired) electrons. The van der Waals surface area contributed by atoms with E-state index in [0.717, 1.165) is 0 Å². The van der Waals surface area contributed by atoms with Gasteiger partial charge in [0.2, 0.25) is 0 Å². The van der Waals surface area contributed by atoms with E-state index in [1.165, 1.54) is 12.5 Å². The predicted molar refractivity (Wildman–Crippen MR) is 56.7 cm³/mol. The lowest BCUT2D eigenvalue weighted by molar-refractivity contribution is 0.427. The lowest BCUT2D eigenvalue weighted by atomic mass is 10.0. The summed E-state index contributed by atoms with van der Waals surface area (Å²) in [6.45, 7) is 4.00. The van der Waals surface area contributed by atoms with Crippen molar-refractivity contribution in [2.45, 2.75) is 30.8 Å². The SMILES string of the molecule is CC(C)(CCN)NS(=O)(=O)c1cnc[nH]1. The summed E-state index contributed by atoms with van der Waals surface area (Å²) < 4.78 is 26.1. The monoisotopic (exact) mass is 232 g/mol. The first-order chi connectivity index (χ1) is 6.87. The third kappa shape index (κ3) is 3.29. The van der Waals surface area contributed by atoms with Gasteiger partial charge in [0.25, 0.3) is 10.0 Å². The number of H-pyrrole nitrogens is 1. The molecule has 0 saturated carbocycles. The molecule has 1 rings (SSSR count). The normalized spacial score (nSPS) is 13.0. The number of sulfonamides is 1. The Labute approximate surface area is 89.3 Å². The first kappa shape index (κ1) is 12.2. The molecule has 6 nitrogen and oxygen atoms in total. The van der Waals surface area contributed by atoms with E-state index in [9.17, 15) is 8.42 Å². The molecule has 0 aromatic carbocycles. The van der Waals surface area contributed by atoms with Gasteiger partial charge in [0.15, 0.2) is 5.03 Å². The van der Waals surface area contributed by atoms with Crippen LogP contribution in [-0.2, 0) is 10.0 Å². The summed E-state index contributed by atoms with van der Waals surface area (Å²) in [5, 5.41) is 0.0626. The number of nitrogens with one attached hydrogen (secondary N) is 2. The van der Waals surface area contributed by atoms with Crippen LogP contribution in [0.1, 0.15) is 20.3 Å². The van der Waals surface area contributed by atoms with Crippen molar-refractivity contribution in [1.82, 2.24) is 14.7 Å². The summed E-state index contributed by atoms with van der Waals surface area (Å²) in [7, 11) is -3.52. The van der Waals surface area contributed by atoms with E-state index in [1.54, 1.807) is 13.8 Å². The average Bonchev–Trinajstić information content (AvgIpc) is 2.52. The van der Waals surface area contributed by atoms with Gasteiger partial charge in [-0.15, -0.1) is 0 Å². The first-order valence-corrected chi connectivity index (χ1v) is 6.08. The maximum atomic E-state index is 11.8. The molecular weight excluding hydrogens is 216 g/mol. The minimum atomic E-state index is -3.52. The van der Waals surface area contributed by atoms with Gasteiger partial charge < -0.3 is 10.7 Å². The molecule has 1 aromatic rings. The number of aromatic nitrogens is 2. The Morgan fingerprint density at radius 3 is 2.73 bits per heavy atom. The third-order valence-electron chi connectivity index (χ3n) is 1.94. The van der Waals surface area contributed by atoms with Crippen LogP contribution in [0.25, 0.3) is 0 Å². The molecule has 0 fully saturated rings. The quantitative estimate of drug-likeness (QED) is 0.655. The predicted octanol–water partition coefficient (Wildman–Crippen LogP) is -0.185. The van der Waals surface area contributed by atoms with Crippen molar-refractivity contribution in [1.29, 1.82) is 0 Å². The number of nitrogens with two attached hydrogens (primary N) is 1. The van der Waals surface area contributed by atoms with Crippen LogP contribution < -0.4 is 10.5 Å². The van der Waals surface area contributed by atoms with E-state index in [-0.39, 0.29) is 5.03 Å². The van der Waals surface area contributed by atoms with E-state index in [0.29, 0.717) is 13.0 Å². The number of hydrogen-bond donors (Lipinski definition) is 3. The highest BCUT2D eigenvalue weighted by atomic mass is 32.2. The fourth-order valence-electron chi connectivity index (χ4n) is 1.22. The summed E-state index contributed by atoms with van der Waals surface area (Å²) in [5.74, 6) is 0. The number of hydrogen-bond acceptors (Lipinski definition) is 4. The number of aromatic amines is 1. The Bertz CT molecular complexity index is 396. The van der Waals surface area contributed by atoms with E-state index >= 15 is 0 Å². The van der Waals surface area contributed by atoms with Crippen LogP contribution >= 0.6 is 0 Å².